The van der Waals surface area contributed by atoms with Gasteiger partial charge in [0.05, 0.1) is 27.2 Å². The Hall–Kier alpha value is 0.880. The van der Waals surface area contributed by atoms with Crippen molar-refractivity contribution in [2.75, 3.05) is 53.4 Å². The minimum absolute atomic E-state index is 0. The van der Waals surface area contributed by atoms with Crippen LogP contribution >= 0.6 is 34.0 Å². The molecule has 0 saturated carbocycles. The molecule has 0 aromatic carbocycles. The molecule has 13 heavy (non-hydrogen) atoms. The van der Waals surface area contributed by atoms with Crippen molar-refractivity contribution in [2.45, 2.75) is 6.42 Å². The number of nitrogens with zero attached hydrogens (tertiary/aromatic N) is 2. The van der Waals surface area contributed by atoms with Crippen molar-refractivity contribution >= 4 is 34.0 Å². The fourth-order valence-corrected chi connectivity index (χ4v) is 2.47. The summed E-state index contributed by atoms with van der Waals surface area (Å²) in [4.78, 5) is 0. The normalized spacial score (nSPS) is 42.9. The van der Waals surface area contributed by atoms with Crippen molar-refractivity contribution in [2.24, 2.45) is 0 Å². The van der Waals surface area contributed by atoms with Gasteiger partial charge >= 0.3 is 0 Å². The van der Waals surface area contributed by atoms with Crippen molar-refractivity contribution in [3.8, 4) is 0 Å². The molecule has 80 valence electrons. The largest absolute Gasteiger partial charge is 0.317 e. The second-order valence-electron chi connectivity index (χ2n) is 4.93. The SMILES string of the molecule is Br.Br.C[N+]12CCC[N+](C)(CC1)CC2. The van der Waals surface area contributed by atoms with Crippen LogP contribution in [0.1, 0.15) is 6.42 Å². The van der Waals surface area contributed by atoms with Gasteiger partial charge in [0.15, 0.2) is 0 Å². The minimum atomic E-state index is 0. The maximum Gasteiger partial charge on any atom is 0.128 e. The van der Waals surface area contributed by atoms with Gasteiger partial charge in [-0.25, -0.2) is 0 Å². The van der Waals surface area contributed by atoms with Gasteiger partial charge in [-0.3, -0.25) is 0 Å². The molecule has 3 heterocycles. The van der Waals surface area contributed by atoms with Crippen LogP contribution < -0.4 is 0 Å². The average Bonchev–Trinajstić information content (AvgIpc) is 2.18. The van der Waals surface area contributed by atoms with E-state index in [0.29, 0.717) is 0 Å². The molecule has 2 nitrogen and oxygen atoms in total. The zero-order chi connectivity index (χ0) is 7.95. The summed E-state index contributed by atoms with van der Waals surface area (Å²) in [6.07, 6.45) is 1.44. The maximum absolute atomic E-state index is 2.43. The van der Waals surface area contributed by atoms with Crippen LogP contribution in [0.4, 0.5) is 0 Å². The van der Waals surface area contributed by atoms with Gasteiger partial charge in [-0.2, -0.15) is 0 Å². The number of fused-ring (bicyclic) bond motifs is 4. The molecular weight excluding hydrogens is 296 g/mol. The molecule has 0 aromatic rings. The van der Waals surface area contributed by atoms with Gasteiger partial charge in [-0.1, -0.05) is 0 Å². The molecule has 2 bridgehead atoms. The summed E-state index contributed by atoms with van der Waals surface area (Å²) >= 11 is 0. The number of hydrogen-bond donors (Lipinski definition) is 0. The molecule has 0 radical (unpaired) electrons. The summed E-state index contributed by atoms with van der Waals surface area (Å²) in [7, 11) is 4.85. The van der Waals surface area contributed by atoms with Gasteiger partial charge in [0.1, 0.15) is 26.2 Å². The van der Waals surface area contributed by atoms with Gasteiger partial charge in [0, 0.05) is 6.42 Å². The highest BCUT2D eigenvalue weighted by Crippen LogP contribution is 2.21. The Balaban J connectivity index is 0.000000720. The molecule has 0 unspecified atom stereocenters. The molecule has 4 heteroatoms. The first-order valence-electron chi connectivity index (χ1n) is 4.79. The number of quaternary nitrogens is 2. The molecule has 0 aromatic heterocycles. The molecule has 3 rings (SSSR count). The van der Waals surface area contributed by atoms with Crippen LogP contribution in [-0.4, -0.2) is 62.3 Å². The Morgan fingerprint density at radius 3 is 1.23 bits per heavy atom. The first-order chi connectivity index (χ1) is 5.12. The van der Waals surface area contributed by atoms with Crippen molar-refractivity contribution < 1.29 is 8.97 Å². The molecule has 0 atom stereocenters. The third kappa shape index (κ3) is 2.91. The Kier molecular flexibility index (Phi) is 4.91. The van der Waals surface area contributed by atoms with E-state index in [1.54, 1.807) is 0 Å². The summed E-state index contributed by atoms with van der Waals surface area (Å²) in [5.41, 5.74) is 0. The number of likely N-dealkylation sites (N-methyl/N-ethyl adjacent to an activating group) is 2. The zero-order valence-corrected chi connectivity index (χ0v) is 12.1. The van der Waals surface area contributed by atoms with E-state index < -0.39 is 0 Å². The fraction of sp³-hybridized carbons (Fsp3) is 1.00. The van der Waals surface area contributed by atoms with Gasteiger partial charge in [0.25, 0.3) is 0 Å². The molecule has 3 aliphatic rings. The average molecular weight is 318 g/mol. The first kappa shape index (κ1) is 13.9. The van der Waals surface area contributed by atoms with E-state index in [2.05, 4.69) is 14.1 Å². The lowest BCUT2D eigenvalue weighted by atomic mass is 10.2. The zero-order valence-electron chi connectivity index (χ0n) is 8.66. The van der Waals surface area contributed by atoms with E-state index in [1.807, 2.05) is 0 Å². The fourth-order valence-electron chi connectivity index (χ4n) is 2.47. The van der Waals surface area contributed by atoms with Gasteiger partial charge in [-0.15, -0.1) is 34.0 Å². The lowest BCUT2D eigenvalue weighted by Gasteiger charge is -2.41. The lowest BCUT2D eigenvalue weighted by Crippen LogP contribution is -2.60. The molecule has 3 fully saturated rings. The minimum Gasteiger partial charge on any atom is -0.317 e. The molecule has 0 N–H and O–H groups in total. The topological polar surface area (TPSA) is 0 Å². The van der Waals surface area contributed by atoms with E-state index in [1.165, 1.54) is 54.7 Å². The van der Waals surface area contributed by atoms with E-state index in [9.17, 15) is 0 Å². The van der Waals surface area contributed by atoms with Gasteiger partial charge in [0.2, 0.25) is 0 Å². The van der Waals surface area contributed by atoms with Crippen LogP contribution in [0.15, 0.2) is 0 Å². The van der Waals surface area contributed by atoms with Gasteiger partial charge in [-0.05, 0) is 0 Å². The Bertz CT molecular complexity index is 147. The van der Waals surface area contributed by atoms with Crippen LogP contribution in [0.2, 0.25) is 0 Å². The third-order valence-electron chi connectivity index (χ3n) is 3.76. The van der Waals surface area contributed by atoms with Crippen LogP contribution in [0.25, 0.3) is 0 Å². The second-order valence-corrected chi connectivity index (χ2v) is 4.93. The van der Waals surface area contributed by atoms with Crippen LogP contribution in [0, 0.1) is 0 Å². The highest BCUT2D eigenvalue weighted by Gasteiger charge is 2.40. The first-order valence-corrected chi connectivity index (χ1v) is 4.79. The number of piperazine rings is 1. The highest BCUT2D eigenvalue weighted by atomic mass is 79.9. The summed E-state index contributed by atoms with van der Waals surface area (Å²) in [6, 6.07) is 0. The van der Waals surface area contributed by atoms with Gasteiger partial charge < -0.3 is 8.97 Å². The molecule has 0 spiro atoms. The van der Waals surface area contributed by atoms with Crippen LogP contribution in [0.5, 0.6) is 0 Å². The Morgan fingerprint density at radius 2 is 0.923 bits per heavy atom. The maximum atomic E-state index is 2.43. The van der Waals surface area contributed by atoms with Crippen molar-refractivity contribution in [1.82, 2.24) is 0 Å². The van der Waals surface area contributed by atoms with E-state index in [-0.39, 0.29) is 34.0 Å². The summed E-state index contributed by atoms with van der Waals surface area (Å²) in [5.74, 6) is 0. The lowest BCUT2D eigenvalue weighted by molar-refractivity contribution is -0.998. The molecule has 3 aliphatic heterocycles. The summed E-state index contributed by atoms with van der Waals surface area (Å²) < 4.78 is 2.71. The van der Waals surface area contributed by atoms with Crippen molar-refractivity contribution in [3.63, 3.8) is 0 Å². The molecule has 3 saturated heterocycles. The number of halogens is 2. The highest BCUT2D eigenvalue weighted by molar-refractivity contribution is 8.93. The summed E-state index contributed by atoms with van der Waals surface area (Å²) in [5, 5.41) is 0. The molecule has 0 amide bonds. The predicted molar refractivity (Wildman–Crippen MR) is 66.8 cm³/mol. The Morgan fingerprint density at radius 1 is 0.615 bits per heavy atom. The Labute approximate surface area is 103 Å². The van der Waals surface area contributed by atoms with E-state index in [0.717, 1.165) is 0 Å². The van der Waals surface area contributed by atoms with E-state index >= 15 is 0 Å². The molecular formula is C9H22Br2N2+2. The van der Waals surface area contributed by atoms with Crippen LogP contribution in [-0.2, 0) is 0 Å². The quantitative estimate of drug-likeness (QED) is 0.593. The standard InChI is InChI=1S/C9H20N2.2BrH/c1-10-4-3-5-11(2,8-6-10)9-7-10;;/h3-9H2,1-2H3;2*1H/q+2;;. The molecule has 0 aliphatic carbocycles. The van der Waals surface area contributed by atoms with E-state index in [4.69, 9.17) is 0 Å². The smallest absolute Gasteiger partial charge is 0.128 e. The van der Waals surface area contributed by atoms with Crippen molar-refractivity contribution in [1.29, 1.82) is 0 Å². The number of rotatable bonds is 0. The van der Waals surface area contributed by atoms with Crippen molar-refractivity contribution in [3.05, 3.63) is 0 Å². The number of hydrogen-bond acceptors (Lipinski definition) is 0. The monoisotopic (exact) mass is 316 g/mol. The third-order valence-corrected chi connectivity index (χ3v) is 3.76. The summed E-state index contributed by atoms with van der Waals surface area (Å²) in [6.45, 7) is 8.50. The van der Waals surface area contributed by atoms with Crippen LogP contribution in [0.3, 0.4) is 0 Å². The predicted octanol–water partition coefficient (Wildman–Crippen LogP) is 1.45. The second kappa shape index (κ2) is 4.60.